The number of hydrogen-bond acceptors (Lipinski definition) is 2. The molecule has 2 heteroatoms. The van der Waals surface area contributed by atoms with E-state index < -0.39 is 0 Å². The molecule has 0 N–H and O–H groups in total. The van der Waals surface area contributed by atoms with E-state index in [2.05, 4.69) is 31.4 Å². The summed E-state index contributed by atoms with van der Waals surface area (Å²) in [6.45, 7) is 7.21. The molecule has 14 heavy (non-hydrogen) atoms. The summed E-state index contributed by atoms with van der Waals surface area (Å²) >= 11 is 4.45. The smallest absolute Gasteiger partial charge is 0.00932 e. The Hall–Kier alpha value is 0.310. The average Bonchev–Trinajstić information content (AvgIpc) is 2.64. The van der Waals surface area contributed by atoms with Gasteiger partial charge in [0, 0.05) is 12.6 Å². The van der Waals surface area contributed by atoms with Crippen LogP contribution in [0.3, 0.4) is 0 Å². The van der Waals surface area contributed by atoms with Gasteiger partial charge in [0.15, 0.2) is 0 Å². The molecule has 0 aromatic rings. The minimum Gasteiger partial charge on any atom is -0.300 e. The Bertz CT molecular complexity index is 149. The number of rotatable bonds is 6. The van der Waals surface area contributed by atoms with Gasteiger partial charge in [0.25, 0.3) is 0 Å². The third kappa shape index (κ3) is 3.47. The SMILES string of the molecule is CCCC(CS)CN1CCCC1CC. The van der Waals surface area contributed by atoms with Crippen molar-refractivity contribution < 1.29 is 0 Å². The van der Waals surface area contributed by atoms with Crippen LogP contribution in [0, 0.1) is 5.92 Å². The van der Waals surface area contributed by atoms with E-state index in [1.165, 1.54) is 45.2 Å². The van der Waals surface area contributed by atoms with E-state index in [4.69, 9.17) is 0 Å². The lowest BCUT2D eigenvalue weighted by molar-refractivity contribution is 0.213. The first-order valence-corrected chi connectivity index (χ1v) is 6.79. The minimum atomic E-state index is 0.815. The lowest BCUT2D eigenvalue weighted by atomic mass is 10.0. The van der Waals surface area contributed by atoms with Crippen molar-refractivity contribution in [3.8, 4) is 0 Å². The van der Waals surface area contributed by atoms with E-state index in [0.29, 0.717) is 0 Å². The Morgan fingerprint density at radius 3 is 2.79 bits per heavy atom. The fourth-order valence-electron chi connectivity index (χ4n) is 2.58. The van der Waals surface area contributed by atoms with Crippen LogP contribution in [0.2, 0.25) is 0 Å². The number of thiol groups is 1. The highest BCUT2D eigenvalue weighted by atomic mass is 32.1. The number of hydrogen-bond donors (Lipinski definition) is 1. The van der Waals surface area contributed by atoms with Crippen LogP contribution < -0.4 is 0 Å². The molecule has 0 bridgehead atoms. The van der Waals surface area contributed by atoms with Crippen molar-refractivity contribution in [3.63, 3.8) is 0 Å². The van der Waals surface area contributed by atoms with Crippen LogP contribution >= 0.6 is 12.6 Å². The van der Waals surface area contributed by atoms with Gasteiger partial charge in [0.2, 0.25) is 0 Å². The Morgan fingerprint density at radius 1 is 1.43 bits per heavy atom. The summed E-state index contributed by atoms with van der Waals surface area (Å²) in [6.07, 6.45) is 6.80. The van der Waals surface area contributed by atoms with Crippen LogP contribution in [0.25, 0.3) is 0 Å². The van der Waals surface area contributed by atoms with Crippen molar-refractivity contribution in [1.82, 2.24) is 4.90 Å². The van der Waals surface area contributed by atoms with Gasteiger partial charge in [-0.1, -0.05) is 20.3 Å². The molecule has 1 nitrogen and oxygen atoms in total. The van der Waals surface area contributed by atoms with Crippen LogP contribution in [-0.4, -0.2) is 29.8 Å². The highest BCUT2D eigenvalue weighted by Gasteiger charge is 2.24. The Balaban J connectivity index is 2.32. The van der Waals surface area contributed by atoms with Crippen molar-refractivity contribution >= 4 is 12.6 Å². The fraction of sp³-hybridized carbons (Fsp3) is 1.00. The van der Waals surface area contributed by atoms with Crippen LogP contribution in [0.5, 0.6) is 0 Å². The Labute approximate surface area is 94.7 Å². The predicted molar refractivity (Wildman–Crippen MR) is 67.1 cm³/mol. The van der Waals surface area contributed by atoms with Gasteiger partial charge < -0.3 is 4.90 Å². The van der Waals surface area contributed by atoms with Gasteiger partial charge in [-0.3, -0.25) is 0 Å². The normalized spacial score (nSPS) is 25.5. The topological polar surface area (TPSA) is 3.24 Å². The van der Waals surface area contributed by atoms with E-state index in [0.717, 1.165) is 17.7 Å². The largest absolute Gasteiger partial charge is 0.300 e. The maximum absolute atomic E-state index is 4.45. The summed E-state index contributed by atoms with van der Waals surface area (Å²) in [5, 5.41) is 0. The average molecular weight is 215 g/mol. The molecule has 0 aromatic carbocycles. The molecular weight excluding hydrogens is 190 g/mol. The molecule has 0 radical (unpaired) electrons. The maximum Gasteiger partial charge on any atom is 0.00932 e. The summed E-state index contributed by atoms with van der Waals surface area (Å²) in [7, 11) is 0. The monoisotopic (exact) mass is 215 g/mol. The molecule has 1 rings (SSSR count). The van der Waals surface area contributed by atoms with Gasteiger partial charge in [0.05, 0.1) is 0 Å². The minimum absolute atomic E-state index is 0.815. The van der Waals surface area contributed by atoms with Crippen molar-refractivity contribution in [2.45, 2.75) is 52.0 Å². The van der Waals surface area contributed by atoms with Crippen LogP contribution in [-0.2, 0) is 0 Å². The third-order valence-electron chi connectivity index (χ3n) is 3.42. The zero-order valence-electron chi connectivity index (χ0n) is 9.71. The third-order valence-corrected chi connectivity index (χ3v) is 3.93. The van der Waals surface area contributed by atoms with E-state index >= 15 is 0 Å². The van der Waals surface area contributed by atoms with Crippen molar-refractivity contribution in [2.75, 3.05) is 18.8 Å². The molecule has 0 saturated carbocycles. The number of nitrogens with zero attached hydrogens (tertiary/aromatic N) is 1. The first-order valence-electron chi connectivity index (χ1n) is 6.16. The van der Waals surface area contributed by atoms with Gasteiger partial charge in [-0.25, -0.2) is 0 Å². The Kier molecular flexibility index (Phi) is 5.95. The quantitative estimate of drug-likeness (QED) is 0.666. The summed E-state index contributed by atoms with van der Waals surface area (Å²) in [6, 6.07) is 0.870. The van der Waals surface area contributed by atoms with E-state index in [-0.39, 0.29) is 0 Å². The van der Waals surface area contributed by atoms with Crippen LogP contribution in [0.1, 0.15) is 46.0 Å². The molecule has 1 aliphatic heterocycles. The molecular formula is C12H25NS. The van der Waals surface area contributed by atoms with Gasteiger partial charge in [0.1, 0.15) is 0 Å². The van der Waals surface area contributed by atoms with Gasteiger partial charge in [-0.15, -0.1) is 0 Å². The lowest BCUT2D eigenvalue weighted by Crippen LogP contribution is -2.34. The first kappa shape index (κ1) is 12.4. The molecule has 0 spiro atoms. The summed E-state index contributed by atoms with van der Waals surface area (Å²) in [5.41, 5.74) is 0. The fourth-order valence-corrected chi connectivity index (χ4v) is 2.88. The Morgan fingerprint density at radius 2 is 2.21 bits per heavy atom. The van der Waals surface area contributed by atoms with E-state index in [9.17, 15) is 0 Å². The summed E-state index contributed by atoms with van der Waals surface area (Å²) < 4.78 is 0. The van der Waals surface area contributed by atoms with Crippen LogP contribution in [0.4, 0.5) is 0 Å². The first-order chi connectivity index (χ1) is 6.81. The van der Waals surface area contributed by atoms with Gasteiger partial charge in [-0.05, 0) is 43.9 Å². The van der Waals surface area contributed by atoms with E-state index in [1.807, 2.05) is 0 Å². The molecule has 1 heterocycles. The lowest BCUT2D eigenvalue weighted by Gasteiger charge is -2.27. The molecule has 1 fully saturated rings. The zero-order valence-corrected chi connectivity index (χ0v) is 10.6. The maximum atomic E-state index is 4.45. The summed E-state index contributed by atoms with van der Waals surface area (Å²) in [5.74, 6) is 1.87. The standard InChI is InChI=1S/C12H25NS/c1-3-6-11(10-14)9-13-8-5-7-12(13)4-2/h11-12,14H,3-10H2,1-2H3. The predicted octanol–water partition coefficient (Wildman–Crippen LogP) is 3.21. The molecule has 0 amide bonds. The highest BCUT2D eigenvalue weighted by molar-refractivity contribution is 7.80. The molecule has 84 valence electrons. The van der Waals surface area contributed by atoms with Crippen molar-refractivity contribution in [2.24, 2.45) is 5.92 Å². The van der Waals surface area contributed by atoms with Crippen LogP contribution in [0.15, 0.2) is 0 Å². The second kappa shape index (κ2) is 6.73. The number of likely N-dealkylation sites (tertiary alicyclic amines) is 1. The van der Waals surface area contributed by atoms with Crippen molar-refractivity contribution in [3.05, 3.63) is 0 Å². The summed E-state index contributed by atoms with van der Waals surface area (Å²) in [4.78, 5) is 2.69. The molecule has 1 saturated heterocycles. The molecule has 1 aliphatic rings. The van der Waals surface area contributed by atoms with Gasteiger partial charge in [-0.2, -0.15) is 12.6 Å². The van der Waals surface area contributed by atoms with Crippen molar-refractivity contribution in [1.29, 1.82) is 0 Å². The molecule has 2 unspecified atom stereocenters. The van der Waals surface area contributed by atoms with Gasteiger partial charge >= 0.3 is 0 Å². The van der Waals surface area contributed by atoms with E-state index in [1.54, 1.807) is 0 Å². The zero-order chi connectivity index (χ0) is 10.4. The molecule has 0 aromatic heterocycles. The highest BCUT2D eigenvalue weighted by Crippen LogP contribution is 2.22. The molecule has 0 aliphatic carbocycles. The second-order valence-electron chi connectivity index (χ2n) is 4.54. The second-order valence-corrected chi connectivity index (χ2v) is 4.90. The molecule has 2 atom stereocenters.